The maximum absolute atomic E-state index is 12.8. The number of hydrazone groups is 1. The molecule has 0 saturated heterocycles. The molecule has 0 radical (unpaired) electrons. The van der Waals surface area contributed by atoms with Gasteiger partial charge in [-0.25, -0.2) is 0 Å². The van der Waals surface area contributed by atoms with Gasteiger partial charge >= 0.3 is 0 Å². The van der Waals surface area contributed by atoms with Gasteiger partial charge in [0.25, 0.3) is 5.91 Å². The molecule has 1 aliphatic heterocycles. The van der Waals surface area contributed by atoms with E-state index in [2.05, 4.69) is 5.10 Å². The second-order valence-corrected chi connectivity index (χ2v) is 6.27. The maximum Gasteiger partial charge on any atom is 0.280 e. The predicted octanol–water partition coefficient (Wildman–Crippen LogP) is 4.29. The number of benzene rings is 2. The predicted molar refractivity (Wildman–Crippen MR) is 104 cm³/mol. The van der Waals surface area contributed by atoms with Crippen LogP contribution in [0, 0.1) is 0 Å². The van der Waals surface area contributed by atoms with Gasteiger partial charge in [-0.2, -0.15) is 10.1 Å². The highest BCUT2D eigenvalue weighted by atomic mass is 16.5. The molecule has 0 fully saturated rings. The van der Waals surface area contributed by atoms with Gasteiger partial charge in [0.05, 0.1) is 30.2 Å². The summed E-state index contributed by atoms with van der Waals surface area (Å²) in [4.78, 5) is 12.8. The molecular formula is C21H22N2O3. The van der Waals surface area contributed by atoms with Gasteiger partial charge in [-0.15, -0.1) is 0 Å². The molecule has 2 aromatic carbocycles. The Bertz CT molecular complexity index is 870. The Morgan fingerprint density at radius 1 is 1.08 bits per heavy atom. The van der Waals surface area contributed by atoms with Gasteiger partial charge in [0.1, 0.15) is 0 Å². The number of rotatable bonds is 5. The van der Waals surface area contributed by atoms with Crippen molar-refractivity contribution in [3.63, 3.8) is 0 Å². The molecule has 1 heterocycles. The van der Waals surface area contributed by atoms with Crippen molar-refractivity contribution in [3.8, 4) is 11.5 Å². The van der Waals surface area contributed by atoms with Crippen LogP contribution in [0.15, 0.2) is 59.2 Å². The van der Waals surface area contributed by atoms with Crippen molar-refractivity contribution < 1.29 is 14.3 Å². The number of anilines is 1. The molecule has 0 saturated carbocycles. The highest BCUT2D eigenvalue weighted by Gasteiger charge is 2.28. The highest BCUT2D eigenvalue weighted by Crippen LogP contribution is 2.31. The van der Waals surface area contributed by atoms with Gasteiger partial charge in [0.15, 0.2) is 11.5 Å². The number of ether oxygens (including phenoxy) is 2. The first-order valence-corrected chi connectivity index (χ1v) is 8.51. The molecule has 3 rings (SSSR count). The molecule has 0 spiro atoms. The van der Waals surface area contributed by atoms with Crippen LogP contribution in [-0.4, -0.2) is 24.8 Å². The number of para-hydroxylation sites is 1. The SMILES string of the molecule is COc1cc(/C=C2/C(=O)N(c3ccccc3)N=C2C)ccc1OC(C)C. The van der Waals surface area contributed by atoms with Crippen LogP contribution in [0.4, 0.5) is 5.69 Å². The maximum atomic E-state index is 12.8. The lowest BCUT2D eigenvalue weighted by Gasteiger charge is -2.14. The average Bonchev–Trinajstić information content (AvgIpc) is 2.91. The lowest BCUT2D eigenvalue weighted by Crippen LogP contribution is -2.21. The van der Waals surface area contributed by atoms with E-state index in [9.17, 15) is 4.79 Å². The third-order valence-electron chi connectivity index (χ3n) is 3.92. The minimum absolute atomic E-state index is 0.0540. The molecule has 0 bridgehead atoms. The van der Waals surface area contributed by atoms with Gasteiger partial charge in [-0.05, 0) is 56.7 Å². The normalized spacial score (nSPS) is 15.6. The van der Waals surface area contributed by atoms with E-state index in [1.54, 1.807) is 7.11 Å². The number of amides is 1. The quantitative estimate of drug-likeness (QED) is 0.756. The Kier molecular flexibility index (Phi) is 5.07. The average molecular weight is 350 g/mol. The van der Waals surface area contributed by atoms with Crippen LogP contribution < -0.4 is 14.5 Å². The lowest BCUT2D eigenvalue weighted by atomic mass is 10.1. The summed E-state index contributed by atoms with van der Waals surface area (Å²) in [6.07, 6.45) is 1.88. The van der Waals surface area contributed by atoms with Crippen LogP contribution in [0.5, 0.6) is 11.5 Å². The van der Waals surface area contributed by atoms with E-state index in [1.165, 1.54) is 5.01 Å². The summed E-state index contributed by atoms with van der Waals surface area (Å²) >= 11 is 0. The van der Waals surface area contributed by atoms with Crippen molar-refractivity contribution in [2.75, 3.05) is 12.1 Å². The Balaban J connectivity index is 1.91. The van der Waals surface area contributed by atoms with Crippen LogP contribution in [0.3, 0.4) is 0 Å². The first kappa shape index (κ1) is 17.7. The topological polar surface area (TPSA) is 51.1 Å². The van der Waals surface area contributed by atoms with Crippen LogP contribution >= 0.6 is 0 Å². The molecule has 0 aliphatic carbocycles. The first-order valence-electron chi connectivity index (χ1n) is 8.51. The molecule has 0 N–H and O–H groups in total. The third-order valence-corrected chi connectivity index (χ3v) is 3.92. The van der Waals surface area contributed by atoms with Crippen molar-refractivity contribution in [2.45, 2.75) is 26.9 Å². The molecule has 0 aromatic heterocycles. The van der Waals surface area contributed by atoms with Crippen molar-refractivity contribution in [1.29, 1.82) is 0 Å². The summed E-state index contributed by atoms with van der Waals surface area (Å²) in [5.41, 5.74) is 2.85. The zero-order valence-corrected chi connectivity index (χ0v) is 15.4. The molecule has 0 unspecified atom stereocenters. The smallest absolute Gasteiger partial charge is 0.280 e. The number of methoxy groups -OCH3 is 1. The molecule has 26 heavy (non-hydrogen) atoms. The largest absolute Gasteiger partial charge is 0.493 e. The van der Waals surface area contributed by atoms with E-state index < -0.39 is 0 Å². The van der Waals surface area contributed by atoms with Gasteiger partial charge in [-0.1, -0.05) is 24.3 Å². The van der Waals surface area contributed by atoms with E-state index in [-0.39, 0.29) is 12.0 Å². The summed E-state index contributed by atoms with van der Waals surface area (Å²) in [6, 6.07) is 15.0. The van der Waals surface area contributed by atoms with Gasteiger partial charge < -0.3 is 9.47 Å². The number of nitrogens with zero attached hydrogens (tertiary/aromatic N) is 2. The van der Waals surface area contributed by atoms with E-state index in [4.69, 9.17) is 9.47 Å². The monoisotopic (exact) mass is 350 g/mol. The summed E-state index contributed by atoms with van der Waals surface area (Å²) in [7, 11) is 1.60. The highest BCUT2D eigenvalue weighted by molar-refractivity contribution is 6.32. The first-order chi connectivity index (χ1) is 12.5. The van der Waals surface area contributed by atoms with E-state index >= 15 is 0 Å². The molecule has 134 valence electrons. The molecule has 2 aromatic rings. The summed E-state index contributed by atoms with van der Waals surface area (Å²) < 4.78 is 11.1. The fourth-order valence-corrected chi connectivity index (χ4v) is 2.72. The van der Waals surface area contributed by atoms with E-state index in [0.717, 1.165) is 11.3 Å². The van der Waals surface area contributed by atoms with Crippen molar-refractivity contribution in [3.05, 3.63) is 59.7 Å². The van der Waals surface area contributed by atoms with E-state index in [1.807, 2.05) is 75.4 Å². The molecule has 1 aliphatic rings. The summed E-state index contributed by atoms with van der Waals surface area (Å²) in [5.74, 6) is 1.17. The zero-order chi connectivity index (χ0) is 18.7. The number of hydrogen-bond donors (Lipinski definition) is 0. The van der Waals surface area contributed by atoms with Crippen LogP contribution in [0.25, 0.3) is 6.08 Å². The standard InChI is InChI=1S/C21H22N2O3/c1-14(2)26-19-11-10-16(13-20(19)25-4)12-18-15(3)22-23(21(18)24)17-8-6-5-7-9-17/h5-14H,1-4H3/b18-12+. The second kappa shape index (κ2) is 7.44. The van der Waals surface area contributed by atoms with Gasteiger partial charge in [0, 0.05) is 0 Å². The van der Waals surface area contributed by atoms with E-state index in [0.29, 0.717) is 22.8 Å². The van der Waals surface area contributed by atoms with Crippen molar-refractivity contribution >= 4 is 23.4 Å². The summed E-state index contributed by atoms with van der Waals surface area (Å²) in [5, 5.41) is 5.82. The van der Waals surface area contributed by atoms with Gasteiger partial charge in [0.2, 0.25) is 0 Å². The Labute approximate surface area is 153 Å². The van der Waals surface area contributed by atoms with Crippen molar-refractivity contribution in [1.82, 2.24) is 0 Å². The summed E-state index contributed by atoms with van der Waals surface area (Å²) in [6.45, 7) is 5.76. The lowest BCUT2D eigenvalue weighted by molar-refractivity contribution is -0.114. The number of hydrogen-bond acceptors (Lipinski definition) is 4. The van der Waals surface area contributed by atoms with Crippen LogP contribution in [0.1, 0.15) is 26.3 Å². The Morgan fingerprint density at radius 2 is 1.81 bits per heavy atom. The van der Waals surface area contributed by atoms with Gasteiger partial charge in [-0.3, -0.25) is 4.79 Å². The van der Waals surface area contributed by atoms with Crippen LogP contribution in [-0.2, 0) is 4.79 Å². The molecule has 5 nitrogen and oxygen atoms in total. The molecule has 5 heteroatoms. The molecule has 1 amide bonds. The zero-order valence-electron chi connectivity index (χ0n) is 15.4. The Morgan fingerprint density at radius 3 is 2.46 bits per heavy atom. The fraction of sp³-hybridized carbons (Fsp3) is 0.238. The van der Waals surface area contributed by atoms with Crippen molar-refractivity contribution in [2.24, 2.45) is 5.10 Å². The minimum Gasteiger partial charge on any atom is -0.493 e. The Hall–Kier alpha value is -3.08. The second-order valence-electron chi connectivity index (χ2n) is 6.27. The molecule has 0 atom stereocenters. The number of carbonyl (C=O) groups excluding carboxylic acids is 1. The number of carbonyl (C=O) groups is 1. The molecular weight excluding hydrogens is 328 g/mol. The minimum atomic E-state index is -0.143. The van der Waals surface area contributed by atoms with Crippen LogP contribution in [0.2, 0.25) is 0 Å². The fourth-order valence-electron chi connectivity index (χ4n) is 2.72. The third kappa shape index (κ3) is 3.61.